The molecule has 0 aliphatic heterocycles. The summed E-state index contributed by atoms with van der Waals surface area (Å²) in [6.45, 7) is 6.86. The first-order valence-corrected chi connectivity index (χ1v) is 5.94. The second kappa shape index (κ2) is 8.53. The highest BCUT2D eigenvalue weighted by Crippen LogP contribution is 2.18. The summed E-state index contributed by atoms with van der Waals surface area (Å²) in [6.07, 6.45) is 0.924. The Balaban J connectivity index is 3.80. The molecule has 0 aliphatic carbocycles. The predicted molar refractivity (Wildman–Crippen MR) is 64.1 cm³/mol. The second-order valence-corrected chi connectivity index (χ2v) is 4.53. The number of carbonyl (C=O) groups excluding carboxylic acids is 1. The van der Waals surface area contributed by atoms with E-state index < -0.39 is 6.10 Å². The van der Waals surface area contributed by atoms with Crippen LogP contribution in [0, 0.1) is 11.8 Å². The average Bonchev–Trinajstić information content (AvgIpc) is 2.23. The van der Waals surface area contributed by atoms with Gasteiger partial charge in [-0.25, -0.2) is 0 Å². The van der Waals surface area contributed by atoms with Gasteiger partial charge in [0.15, 0.2) is 0 Å². The monoisotopic (exact) mass is 231 g/mol. The first kappa shape index (κ1) is 15.4. The van der Waals surface area contributed by atoms with Gasteiger partial charge in [-0.05, 0) is 11.8 Å². The Kier molecular flexibility index (Phi) is 8.21. The molecule has 96 valence electrons. The number of hydrogen-bond donors (Lipinski definition) is 2. The van der Waals surface area contributed by atoms with Crippen LogP contribution < -0.4 is 5.32 Å². The third-order valence-electron chi connectivity index (χ3n) is 2.81. The lowest BCUT2D eigenvalue weighted by Gasteiger charge is -2.19. The number of aliphatic hydroxyl groups excluding tert-OH is 1. The maximum Gasteiger partial charge on any atom is 0.220 e. The standard InChI is InChI=1S/C12H25NO3/c1-5-10(9(2)3)6-12(15)13-7-11(14)8-16-4/h9-11,14H,5-8H2,1-4H3,(H,13,15). The van der Waals surface area contributed by atoms with Crippen LogP contribution in [0.25, 0.3) is 0 Å². The van der Waals surface area contributed by atoms with Crippen molar-refractivity contribution >= 4 is 5.91 Å². The summed E-state index contributed by atoms with van der Waals surface area (Å²) in [7, 11) is 1.52. The number of nitrogens with one attached hydrogen (secondary N) is 1. The maximum atomic E-state index is 11.6. The molecule has 0 saturated carbocycles. The molecule has 0 aromatic heterocycles. The summed E-state index contributed by atoms with van der Waals surface area (Å²) >= 11 is 0. The smallest absolute Gasteiger partial charge is 0.220 e. The van der Waals surface area contributed by atoms with Gasteiger partial charge in [-0.1, -0.05) is 27.2 Å². The van der Waals surface area contributed by atoms with Gasteiger partial charge >= 0.3 is 0 Å². The molecule has 0 aliphatic rings. The van der Waals surface area contributed by atoms with Gasteiger partial charge in [-0.15, -0.1) is 0 Å². The van der Waals surface area contributed by atoms with E-state index in [1.807, 2.05) is 0 Å². The van der Waals surface area contributed by atoms with Gasteiger partial charge < -0.3 is 15.2 Å². The minimum absolute atomic E-state index is 0.00991. The predicted octanol–water partition coefficient (Wildman–Crippen LogP) is 1.18. The summed E-state index contributed by atoms with van der Waals surface area (Å²) in [5.41, 5.74) is 0. The van der Waals surface area contributed by atoms with Crippen molar-refractivity contribution in [2.45, 2.75) is 39.7 Å². The molecule has 0 spiro atoms. The van der Waals surface area contributed by atoms with E-state index in [1.54, 1.807) is 0 Å². The first-order chi connectivity index (χ1) is 7.51. The molecular weight excluding hydrogens is 206 g/mol. The van der Waals surface area contributed by atoms with Crippen LogP contribution in [-0.2, 0) is 9.53 Å². The molecular formula is C12H25NO3. The number of amides is 1. The van der Waals surface area contributed by atoms with Crippen LogP contribution in [0.5, 0.6) is 0 Å². The lowest BCUT2D eigenvalue weighted by atomic mass is 9.90. The molecule has 1 amide bonds. The van der Waals surface area contributed by atoms with Crippen molar-refractivity contribution < 1.29 is 14.6 Å². The minimum Gasteiger partial charge on any atom is -0.389 e. The second-order valence-electron chi connectivity index (χ2n) is 4.53. The fraction of sp³-hybridized carbons (Fsp3) is 0.917. The first-order valence-electron chi connectivity index (χ1n) is 5.94. The van der Waals surface area contributed by atoms with Crippen molar-refractivity contribution in [2.75, 3.05) is 20.3 Å². The number of carbonyl (C=O) groups is 1. The Bertz CT molecular complexity index is 195. The van der Waals surface area contributed by atoms with Crippen molar-refractivity contribution in [1.82, 2.24) is 5.32 Å². The number of methoxy groups -OCH3 is 1. The van der Waals surface area contributed by atoms with Crippen LogP contribution in [0.4, 0.5) is 0 Å². The third-order valence-corrected chi connectivity index (χ3v) is 2.81. The zero-order chi connectivity index (χ0) is 12.6. The third kappa shape index (κ3) is 6.80. The Morgan fingerprint density at radius 2 is 2.06 bits per heavy atom. The van der Waals surface area contributed by atoms with E-state index in [-0.39, 0.29) is 19.1 Å². The maximum absolute atomic E-state index is 11.6. The van der Waals surface area contributed by atoms with E-state index in [4.69, 9.17) is 4.74 Å². The summed E-state index contributed by atoms with van der Waals surface area (Å²) < 4.78 is 4.78. The SMILES string of the molecule is CCC(CC(=O)NCC(O)COC)C(C)C. The molecule has 4 heteroatoms. The fourth-order valence-corrected chi connectivity index (χ4v) is 1.64. The van der Waals surface area contributed by atoms with Crippen molar-refractivity contribution in [2.24, 2.45) is 11.8 Å². The lowest BCUT2D eigenvalue weighted by Crippen LogP contribution is -2.35. The highest BCUT2D eigenvalue weighted by molar-refractivity contribution is 5.76. The lowest BCUT2D eigenvalue weighted by molar-refractivity contribution is -0.123. The van der Waals surface area contributed by atoms with Gasteiger partial charge in [0.25, 0.3) is 0 Å². The van der Waals surface area contributed by atoms with E-state index in [0.717, 1.165) is 6.42 Å². The molecule has 2 unspecified atom stereocenters. The van der Waals surface area contributed by atoms with E-state index >= 15 is 0 Å². The minimum atomic E-state index is -0.618. The Morgan fingerprint density at radius 1 is 1.44 bits per heavy atom. The fourth-order valence-electron chi connectivity index (χ4n) is 1.64. The zero-order valence-electron chi connectivity index (χ0n) is 10.8. The molecule has 4 nitrogen and oxygen atoms in total. The van der Waals surface area contributed by atoms with Crippen molar-refractivity contribution in [1.29, 1.82) is 0 Å². The molecule has 2 N–H and O–H groups in total. The average molecular weight is 231 g/mol. The highest BCUT2D eigenvalue weighted by atomic mass is 16.5. The van der Waals surface area contributed by atoms with Gasteiger partial charge in [0.2, 0.25) is 5.91 Å². The van der Waals surface area contributed by atoms with Crippen LogP contribution in [-0.4, -0.2) is 37.4 Å². The molecule has 16 heavy (non-hydrogen) atoms. The number of rotatable bonds is 8. The van der Waals surface area contributed by atoms with Gasteiger partial charge in [0.05, 0.1) is 12.7 Å². The molecule has 2 atom stereocenters. The van der Waals surface area contributed by atoms with Crippen molar-refractivity contribution in [3.05, 3.63) is 0 Å². The number of hydrogen-bond acceptors (Lipinski definition) is 3. The zero-order valence-corrected chi connectivity index (χ0v) is 10.8. The summed E-state index contributed by atoms with van der Waals surface area (Å²) in [5.74, 6) is 0.940. The van der Waals surface area contributed by atoms with Gasteiger partial charge in [0.1, 0.15) is 0 Å². The van der Waals surface area contributed by atoms with E-state index in [2.05, 4.69) is 26.1 Å². The number of ether oxygens (including phenoxy) is 1. The molecule has 0 aromatic carbocycles. The van der Waals surface area contributed by atoms with Crippen LogP contribution in [0.15, 0.2) is 0 Å². The molecule has 0 aromatic rings. The molecule has 0 heterocycles. The highest BCUT2D eigenvalue weighted by Gasteiger charge is 2.16. The van der Waals surface area contributed by atoms with Gasteiger partial charge in [0, 0.05) is 20.1 Å². The summed E-state index contributed by atoms with van der Waals surface area (Å²) in [4.78, 5) is 11.6. The molecule has 0 radical (unpaired) electrons. The normalized spacial score (nSPS) is 14.9. The Morgan fingerprint density at radius 3 is 2.50 bits per heavy atom. The van der Waals surface area contributed by atoms with Crippen molar-refractivity contribution in [3.63, 3.8) is 0 Å². The van der Waals surface area contributed by atoms with E-state index in [9.17, 15) is 9.90 Å². The number of aliphatic hydroxyl groups is 1. The largest absolute Gasteiger partial charge is 0.389 e. The van der Waals surface area contributed by atoms with E-state index in [0.29, 0.717) is 18.3 Å². The van der Waals surface area contributed by atoms with Crippen LogP contribution in [0.1, 0.15) is 33.6 Å². The van der Waals surface area contributed by atoms with Gasteiger partial charge in [-0.3, -0.25) is 4.79 Å². The van der Waals surface area contributed by atoms with Crippen molar-refractivity contribution in [3.8, 4) is 0 Å². The quantitative estimate of drug-likeness (QED) is 0.659. The molecule has 0 saturated heterocycles. The Hall–Kier alpha value is -0.610. The van der Waals surface area contributed by atoms with Crippen LogP contribution in [0.2, 0.25) is 0 Å². The molecule has 0 rings (SSSR count). The van der Waals surface area contributed by atoms with Crippen LogP contribution in [0.3, 0.4) is 0 Å². The summed E-state index contributed by atoms with van der Waals surface area (Å²) in [5, 5.41) is 12.1. The van der Waals surface area contributed by atoms with Gasteiger partial charge in [-0.2, -0.15) is 0 Å². The van der Waals surface area contributed by atoms with Crippen LogP contribution >= 0.6 is 0 Å². The molecule has 0 fully saturated rings. The molecule has 0 bridgehead atoms. The topological polar surface area (TPSA) is 58.6 Å². The Labute approximate surface area is 98.4 Å². The summed E-state index contributed by atoms with van der Waals surface area (Å²) in [6, 6.07) is 0. The van der Waals surface area contributed by atoms with E-state index in [1.165, 1.54) is 7.11 Å².